The number of hydrogen-bond acceptors (Lipinski definition) is 10. The fraction of sp³-hybridized carbons (Fsp3) is 0.279. The number of imide groups is 2. The molecule has 2 aliphatic rings. The highest BCUT2D eigenvalue weighted by Crippen LogP contribution is 2.58. The third-order valence-corrected chi connectivity index (χ3v) is 19.3. The molecule has 2 N–H and O–H groups in total. The van der Waals surface area contributed by atoms with Gasteiger partial charge in [-0.05, 0) is 257 Å². The van der Waals surface area contributed by atoms with Crippen molar-refractivity contribution in [2.45, 2.75) is 160 Å². The van der Waals surface area contributed by atoms with Gasteiger partial charge in [0.05, 0.1) is 22.3 Å². The number of benzene rings is 11. The number of hydrogen-bond donors (Lipinski definition) is 2. The van der Waals surface area contributed by atoms with E-state index < -0.39 is 47.5 Å². The van der Waals surface area contributed by atoms with Crippen LogP contribution in [0.25, 0.3) is 43.1 Å². The number of aryl methyl sites for hydroxylation is 8. The van der Waals surface area contributed by atoms with Gasteiger partial charge in [-0.1, -0.05) is 91.8 Å². The van der Waals surface area contributed by atoms with Crippen molar-refractivity contribution in [2.75, 3.05) is 10.6 Å². The summed E-state index contributed by atoms with van der Waals surface area (Å²) in [5.41, 5.74) is 12.4. The van der Waals surface area contributed by atoms with Crippen LogP contribution in [0.15, 0.2) is 133 Å². The minimum Gasteiger partial charge on any atom is -0.457 e. The predicted molar refractivity (Wildman–Crippen MR) is 398 cm³/mol. The summed E-state index contributed by atoms with van der Waals surface area (Å²) in [5.74, 6) is -1.74. The number of ether oxygens (including phenoxy) is 4. The fourth-order valence-corrected chi connectivity index (χ4v) is 14.6. The van der Waals surface area contributed by atoms with Gasteiger partial charge in [-0.3, -0.25) is 38.6 Å². The van der Waals surface area contributed by atoms with Crippen molar-refractivity contribution in [2.24, 2.45) is 0 Å². The van der Waals surface area contributed by atoms with Crippen molar-refractivity contribution in [1.29, 1.82) is 0 Å². The molecule has 2 aliphatic heterocycles. The average Bonchev–Trinajstić information content (AvgIpc) is 0.672. The molecule has 13 rings (SSSR count). The summed E-state index contributed by atoms with van der Waals surface area (Å²) in [5, 5.41) is 8.46. The van der Waals surface area contributed by atoms with Crippen molar-refractivity contribution in [1.82, 2.24) is 9.80 Å². The van der Waals surface area contributed by atoms with E-state index in [1.807, 2.05) is 140 Å². The number of rotatable bonds is 18. The van der Waals surface area contributed by atoms with Crippen molar-refractivity contribution >= 4 is 89.9 Å². The second kappa shape index (κ2) is 25.8. The SMILES string of the molecule is Cc1cc(C)cc(NC(=O)C(C)N2C(=O)c3cc(Oc4cc(C)cc(C(C)C)c4)c4c5c(Oc6cc(C)cc(C(C)C)c6)cc6c7c(cc(Oc8cc(C)cc(C(C)C)c8)c(c8c(Oc9cc(C)cc(C(C)C)c9)cc(c3c48)C2=O)c75)C(=O)N(C(C)C(=O)Nc2cc(C)cc(C)c2)C6=O)c1. The third kappa shape index (κ3) is 12.3. The molecule has 0 aliphatic carbocycles. The lowest BCUT2D eigenvalue weighted by Crippen LogP contribution is -2.50. The predicted octanol–water partition coefficient (Wildman–Crippen LogP) is 21.1. The summed E-state index contributed by atoms with van der Waals surface area (Å²) in [4.78, 5) is 96.4. The first-order chi connectivity index (χ1) is 47.4. The molecule has 6 amide bonds. The number of anilines is 2. The van der Waals surface area contributed by atoms with Crippen molar-refractivity contribution in [3.8, 4) is 46.0 Å². The van der Waals surface area contributed by atoms with Crippen LogP contribution in [-0.4, -0.2) is 57.3 Å². The number of nitrogens with zero attached hydrogens (tertiary/aromatic N) is 2. The zero-order chi connectivity index (χ0) is 71.5. The number of carbonyl (C=O) groups is 6. The molecule has 2 heterocycles. The van der Waals surface area contributed by atoms with Gasteiger partial charge in [0.1, 0.15) is 58.1 Å². The summed E-state index contributed by atoms with van der Waals surface area (Å²) in [6.07, 6.45) is 0. The first kappa shape index (κ1) is 67.7. The van der Waals surface area contributed by atoms with E-state index >= 15 is 19.2 Å². The zero-order valence-electron chi connectivity index (χ0n) is 60.1. The largest absolute Gasteiger partial charge is 0.457 e. The van der Waals surface area contributed by atoms with Crippen LogP contribution in [0, 0.1) is 55.4 Å². The summed E-state index contributed by atoms with van der Waals surface area (Å²) in [7, 11) is 0. The molecule has 0 spiro atoms. The van der Waals surface area contributed by atoms with E-state index in [9.17, 15) is 9.59 Å². The molecule has 11 aromatic carbocycles. The number of carbonyl (C=O) groups excluding carboxylic acids is 6. The van der Waals surface area contributed by atoms with Crippen LogP contribution in [0.5, 0.6) is 46.0 Å². The summed E-state index contributed by atoms with van der Waals surface area (Å²) in [6.45, 7) is 35.5. The Morgan fingerprint density at radius 1 is 0.280 bits per heavy atom. The Bertz CT molecular complexity index is 4710. The second-order valence-electron chi connectivity index (χ2n) is 29.1. The fourth-order valence-electron chi connectivity index (χ4n) is 14.6. The molecular weight excluding hydrogens is 1250 g/mol. The molecule has 11 aromatic rings. The molecule has 0 radical (unpaired) electrons. The lowest BCUT2D eigenvalue weighted by molar-refractivity contribution is -0.120. The molecule has 2 atom stereocenters. The Morgan fingerprint density at radius 2 is 0.500 bits per heavy atom. The van der Waals surface area contributed by atoms with Gasteiger partial charge in [0, 0.05) is 54.5 Å². The minimum atomic E-state index is -1.36. The topological polar surface area (TPSA) is 170 Å². The van der Waals surface area contributed by atoms with E-state index in [2.05, 4.69) is 90.3 Å². The van der Waals surface area contributed by atoms with E-state index in [0.717, 1.165) is 76.6 Å². The van der Waals surface area contributed by atoms with E-state index in [0.29, 0.717) is 66.7 Å². The van der Waals surface area contributed by atoms with Gasteiger partial charge in [-0.25, -0.2) is 0 Å². The Balaban J connectivity index is 1.22. The van der Waals surface area contributed by atoms with Crippen molar-refractivity contribution in [3.63, 3.8) is 0 Å². The van der Waals surface area contributed by atoms with Gasteiger partial charge in [0.25, 0.3) is 23.6 Å². The molecule has 100 heavy (non-hydrogen) atoms. The van der Waals surface area contributed by atoms with Crippen molar-refractivity contribution < 1.29 is 47.7 Å². The van der Waals surface area contributed by atoms with Gasteiger partial charge in [0.15, 0.2) is 0 Å². The highest BCUT2D eigenvalue weighted by molar-refractivity contribution is 6.45. The molecule has 0 fully saturated rings. The Labute approximate surface area is 583 Å². The first-order valence-electron chi connectivity index (χ1n) is 34.5. The lowest BCUT2D eigenvalue weighted by Gasteiger charge is -2.34. The van der Waals surface area contributed by atoms with Gasteiger partial charge < -0.3 is 29.6 Å². The molecule has 14 heteroatoms. The van der Waals surface area contributed by atoms with Gasteiger partial charge in [-0.2, -0.15) is 0 Å². The Hall–Kier alpha value is -10.9. The first-order valence-corrected chi connectivity index (χ1v) is 34.5. The van der Waals surface area contributed by atoms with Crippen molar-refractivity contribution in [3.05, 3.63) is 222 Å². The lowest BCUT2D eigenvalue weighted by atomic mass is 9.80. The van der Waals surface area contributed by atoms with Crippen LogP contribution in [0.2, 0.25) is 0 Å². The van der Waals surface area contributed by atoms with Crippen LogP contribution in [0.1, 0.15) is 201 Å². The molecule has 0 bridgehead atoms. The zero-order valence-corrected chi connectivity index (χ0v) is 60.1. The van der Waals surface area contributed by atoms with Crippen LogP contribution < -0.4 is 29.6 Å². The number of nitrogens with one attached hydrogen (secondary N) is 2. The quantitative estimate of drug-likeness (QED) is 0.0479. The van der Waals surface area contributed by atoms with E-state index in [4.69, 9.17) is 18.9 Å². The smallest absolute Gasteiger partial charge is 0.262 e. The second-order valence-corrected chi connectivity index (χ2v) is 29.1. The summed E-state index contributed by atoms with van der Waals surface area (Å²) < 4.78 is 29.8. The van der Waals surface area contributed by atoms with E-state index in [1.54, 1.807) is 24.3 Å². The highest BCUT2D eigenvalue weighted by Gasteiger charge is 2.45. The molecule has 508 valence electrons. The summed E-state index contributed by atoms with van der Waals surface area (Å²) >= 11 is 0. The standard InChI is InChI=1S/C86H84N4O10/c1-41(2)55-21-49(13)29-61(33-55)97-69-37-65-73-66(84(94)89(83(65)93)53(17)81(91)87-59-25-45(9)19-46(10)26-59)39-71(99-63-31-51(15)23-57(35-63)43(5)6)77-78-72(100-64-32-52(16)24-58(36-64)44(7)8)40-68-74-67(85(95)90(86(68)96)54(18)82(92)88-60-27-47(11)20-48(12)28-60)38-70(76(80(74)78)75(69)79(73)77)98-62-30-50(14)22-56(34-62)42(3)4/h19-44,53-54H,1-18H3,(H,87,91)(H,88,92). The van der Waals surface area contributed by atoms with E-state index in [-0.39, 0.29) is 79.7 Å². The molecule has 2 unspecified atom stereocenters. The van der Waals surface area contributed by atoms with Gasteiger partial charge in [-0.15, -0.1) is 0 Å². The third-order valence-electron chi connectivity index (χ3n) is 19.3. The number of fused-ring (bicyclic) bond motifs is 2. The maximum absolute atomic E-state index is 16.2. The normalized spacial score (nSPS) is 13.7. The Kier molecular flexibility index (Phi) is 17.4. The molecular formula is C86H84N4O10. The highest BCUT2D eigenvalue weighted by atomic mass is 16.5. The Morgan fingerprint density at radius 3 is 0.720 bits per heavy atom. The average molecular weight is 1330 g/mol. The maximum Gasteiger partial charge on any atom is 0.262 e. The van der Waals surface area contributed by atoms with Crippen LogP contribution in [0.4, 0.5) is 11.4 Å². The molecule has 0 saturated carbocycles. The van der Waals surface area contributed by atoms with Crippen LogP contribution in [0.3, 0.4) is 0 Å². The van der Waals surface area contributed by atoms with Gasteiger partial charge >= 0.3 is 0 Å². The maximum atomic E-state index is 16.2. The molecule has 0 saturated heterocycles. The van der Waals surface area contributed by atoms with Crippen LogP contribution >= 0.6 is 0 Å². The molecule has 0 aromatic heterocycles. The minimum absolute atomic E-state index is 0.0465. The number of amides is 6. The van der Waals surface area contributed by atoms with Crippen LogP contribution in [-0.2, 0) is 9.59 Å². The van der Waals surface area contributed by atoms with Gasteiger partial charge in [0.2, 0.25) is 11.8 Å². The summed E-state index contributed by atoms with van der Waals surface area (Å²) in [6, 6.07) is 39.0. The monoisotopic (exact) mass is 1330 g/mol. The van der Waals surface area contributed by atoms with E-state index in [1.165, 1.54) is 13.8 Å². The molecule has 14 nitrogen and oxygen atoms in total.